The number of nitrogens with zero attached hydrogens (tertiary/aromatic N) is 2. The van der Waals surface area contributed by atoms with Crippen LogP contribution in [0.4, 0.5) is 22.7 Å². The van der Waals surface area contributed by atoms with E-state index in [2.05, 4.69) is 34.3 Å². The fraction of sp³-hybridized carbons (Fsp3) is 0.455. The number of halogens is 2. The zero-order valence-corrected chi connectivity index (χ0v) is 19.2. The summed E-state index contributed by atoms with van der Waals surface area (Å²) in [6.45, 7) is 10.2. The molecule has 2 heterocycles. The van der Waals surface area contributed by atoms with E-state index in [9.17, 15) is 0 Å². The lowest BCUT2D eigenvalue weighted by Crippen LogP contribution is -2.49. The third-order valence-electron chi connectivity index (χ3n) is 5.40. The molecule has 0 unspecified atom stereocenters. The van der Waals surface area contributed by atoms with Crippen molar-refractivity contribution in [2.24, 2.45) is 0 Å². The van der Waals surface area contributed by atoms with E-state index < -0.39 is 0 Å². The third-order valence-corrected chi connectivity index (χ3v) is 5.87. The Hall–Kier alpha value is -1.86. The number of nitrogens with two attached hydrogens (primary N) is 2. The third kappa shape index (κ3) is 6.08. The van der Waals surface area contributed by atoms with Crippen molar-refractivity contribution in [3.63, 3.8) is 0 Å². The Labute approximate surface area is 189 Å². The molecule has 2 aliphatic rings. The molecule has 6 N–H and O–H groups in total. The van der Waals surface area contributed by atoms with Crippen LogP contribution in [0.1, 0.15) is 13.8 Å². The van der Waals surface area contributed by atoms with E-state index >= 15 is 0 Å². The van der Waals surface area contributed by atoms with E-state index in [1.165, 1.54) is 0 Å². The number of hydrogen-bond acceptors (Lipinski definition) is 6. The fourth-order valence-electron chi connectivity index (χ4n) is 3.88. The Morgan fingerprint density at radius 3 is 1.53 bits per heavy atom. The molecule has 30 heavy (non-hydrogen) atoms. The maximum atomic E-state index is 5.97. The van der Waals surface area contributed by atoms with Gasteiger partial charge >= 0.3 is 0 Å². The highest BCUT2D eigenvalue weighted by atomic mass is 35.5. The summed E-state index contributed by atoms with van der Waals surface area (Å²) >= 11 is 11.9. The summed E-state index contributed by atoms with van der Waals surface area (Å²) in [7, 11) is 0. The maximum Gasteiger partial charge on any atom is 0.0615 e. The fourth-order valence-corrected chi connectivity index (χ4v) is 4.22. The molecule has 4 rings (SSSR count). The van der Waals surface area contributed by atoms with Crippen LogP contribution in [0.2, 0.25) is 10.0 Å². The van der Waals surface area contributed by atoms with Gasteiger partial charge in [-0.1, -0.05) is 23.2 Å². The largest absolute Gasteiger partial charge is 0.397 e. The molecular weight excluding hydrogens is 419 g/mol. The monoisotopic (exact) mass is 450 g/mol. The van der Waals surface area contributed by atoms with Gasteiger partial charge in [0.1, 0.15) is 0 Å². The van der Waals surface area contributed by atoms with Crippen LogP contribution in [0, 0.1) is 0 Å². The van der Waals surface area contributed by atoms with Gasteiger partial charge < -0.3 is 31.9 Å². The first-order valence-corrected chi connectivity index (χ1v) is 11.2. The van der Waals surface area contributed by atoms with Crippen LogP contribution < -0.4 is 31.9 Å². The van der Waals surface area contributed by atoms with E-state index in [1.54, 1.807) is 0 Å². The van der Waals surface area contributed by atoms with Gasteiger partial charge in [-0.2, -0.15) is 0 Å². The molecule has 8 heteroatoms. The molecule has 2 aromatic carbocycles. The van der Waals surface area contributed by atoms with Gasteiger partial charge in [-0.15, -0.1) is 0 Å². The molecule has 164 valence electrons. The second-order valence-electron chi connectivity index (χ2n) is 8.01. The predicted molar refractivity (Wildman–Crippen MR) is 131 cm³/mol. The molecule has 0 radical (unpaired) electrons. The molecule has 0 bridgehead atoms. The summed E-state index contributed by atoms with van der Waals surface area (Å²) in [5.41, 5.74) is 15.6. The molecule has 0 aliphatic carbocycles. The average Bonchev–Trinajstić information content (AvgIpc) is 2.72. The molecule has 2 atom stereocenters. The van der Waals surface area contributed by atoms with Crippen LogP contribution in [0.15, 0.2) is 36.4 Å². The number of nitrogens with one attached hydrogen (secondary N) is 2. The van der Waals surface area contributed by atoms with Crippen LogP contribution >= 0.6 is 23.2 Å². The number of rotatable bonds is 2. The highest BCUT2D eigenvalue weighted by molar-refractivity contribution is 6.31. The second-order valence-corrected chi connectivity index (χ2v) is 8.88. The van der Waals surface area contributed by atoms with Crippen LogP contribution in [-0.2, 0) is 0 Å². The van der Waals surface area contributed by atoms with Crippen molar-refractivity contribution >= 4 is 46.0 Å². The van der Waals surface area contributed by atoms with Crippen molar-refractivity contribution in [3.05, 3.63) is 46.4 Å². The number of anilines is 4. The number of piperazine rings is 2. The minimum atomic E-state index is 0.497. The van der Waals surface area contributed by atoms with Crippen molar-refractivity contribution in [1.82, 2.24) is 10.6 Å². The second kappa shape index (κ2) is 10.4. The van der Waals surface area contributed by atoms with Gasteiger partial charge in [0, 0.05) is 61.4 Å². The van der Waals surface area contributed by atoms with Gasteiger partial charge in [-0.3, -0.25) is 0 Å². The molecule has 6 nitrogen and oxygen atoms in total. The van der Waals surface area contributed by atoms with Crippen LogP contribution in [-0.4, -0.2) is 51.4 Å². The van der Waals surface area contributed by atoms with Crippen molar-refractivity contribution in [2.45, 2.75) is 25.9 Å². The topological polar surface area (TPSA) is 82.6 Å². The highest BCUT2D eigenvalue weighted by Gasteiger charge is 2.18. The molecule has 0 spiro atoms. The van der Waals surface area contributed by atoms with E-state index in [0.29, 0.717) is 12.1 Å². The lowest BCUT2D eigenvalue weighted by Gasteiger charge is -2.34. The van der Waals surface area contributed by atoms with Gasteiger partial charge in [0.15, 0.2) is 0 Å². The SMILES string of the molecule is C[C@@H]1CN(c2cc(Cl)ccc2N)CCN1.C[C@H]1CN(c2cc(Cl)ccc2N)CCN1. The molecule has 0 aromatic heterocycles. The van der Waals surface area contributed by atoms with Gasteiger partial charge in [0.2, 0.25) is 0 Å². The molecule has 2 aromatic rings. The zero-order valence-electron chi connectivity index (χ0n) is 17.7. The van der Waals surface area contributed by atoms with Gasteiger partial charge in [-0.25, -0.2) is 0 Å². The van der Waals surface area contributed by atoms with E-state index in [1.807, 2.05) is 36.4 Å². The first-order valence-electron chi connectivity index (χ1n) is 10.4. The minimum Gasteiger partial charge on any atom is -0.397 e. The Balaban J connectivity index is 0.000000171. The van der Waals surface area contributed by atoms with E-state index in [4.69, 9.17) is 34.7 Å². The molecule has 0 saturated carbocycles. The summed E-state index contributed by atoms with van der Waals surface area (Å²) in [5.74, 6) is 0. The lowest BCUT2D eigenvalue weighted by atomic mass is 10.2. The average molecular weight is 451 g/mol. The lowest BCUT2D eigenvalue weighted by molar-refractivity contribution is 0.485. The molecule has 2 aliphatic heterocycles. The molecule has 0 amide bonds. The summed E-state index contributed by atoms with van der Waals surface area (Å²) in [4.78, 5) is 4.56. The molecule has 2 fully saturated rings. The predicted octanol–water partition coefficient (Wildman–Crippen LogP) is 3.44. The summed E-state index contributed by atoms with van der Waals surface area (Å²) in [6, 6.07) is 12.3. The van der Waals surface area contributed by atoms with E-state index in [0.717, 1.165) is 72.1 Å². The normalized spacial score (nSPS) is 21.7. The first-order chi connectivity index (χ1) is 14.3. The van der Waals surface area contributed by atoms with Crippen molar-refractivity contribution in [3.8, 4) is 0 Å². The number of benzene rings is 2. The standard InChI is InChI=1S/2C11H16ClN3/c2*1-8-7-15(5-4-14-8)11-6-9(12)2-3-10(11)13/h2*2-3,6,8,14H,4-5,7,13H2,1H3/t2*8-/m10/s1. The Morgan fingerprint density at radius 1 is 0.767 bits per heavy atom. The quantitative estimate of drug-likeness (QED) is 0.524. The molecule has 2 saturated heterocycles. The summed E-state index contributed by atoms with van der Waals surface area (Å²) in [6.07, 6.45) is 0. The van der Waals surface area contributed by atoms with Gasteiger partial charge in [-0.05, 0) is 50.2 Å². The van der Waals surface area contributed by atoms with E-state index in [-0.39, 0.29) is 0 Å². The van der Waals surface area contributed by atoms with Crippen molar-refractivity contribution in [1.29, 1.82) is 0 Å². The Morgan fingerprint density at radius 2 is 1.17 bits per heavy atom. The Bertz CT molecular complexity index is 777. The Kier molecular flexibility index (Phi) is 7.94. The van der Waals surface area contributed by atoms with Crippen LogP contribution in [0.5, 0.6) is 0 Å². The summed E-state index contributed by atoms with van der Waals surface area (Å²) in [5, 5.41) is 8.28. The summed E-state index contributed by atoms with van der Waals surface area (Å²) < 4.78 is 0. The molecular formula is C22H32Cl2N6. The minimum absolute atomic E-state index is 0.497. The number of hydrogen-bond donors (Lipinski definition) is 4. The van der Waals surface area contributed by atoms with Crippen molar-refractivity contribution < 1.29 is 0 Å². The first kappa shape index (κ1) is 22.8. The maximum absolute atomic E-state index is 5.97. The zero-order chi connectivity index (χ0) is 21.7. The highest BCUT2D eigenvalue weighted by Crippen LogP contribution is 2.28. The van der Waals surface area contributed by atoms with Crippen LogP contribution in [0.3, 0.4) is 0 Å². The van der Waals surface area contributed by atoms with Gasteiger partial charge in [0.25, 0.3) is 0 Å². The van der Waals surface area contributed by atoms with Gasteiger partial charge in [0.05, 0.1) is 22.7 Å². The smallest absolute Gasteiger partial charge is 0.0615 e. The van der Waals surface area contributed by atoms with Crippen LogP contribution in [0.25, 0.3) is 0 Å². The van der Waals surface area contributed by atoms with Crippen molar-refractivity contribution in [2.75, 3.05) is 60.5 Å². The number of nitrogen functional groups attached to an aromatic ring is 2.